The molecule has 4 aromatic rings. The molecule has 0 fully saturated rings. The van der Waals surface area contributed by atoms with Gasteiger partial charge in [-0.1, -0.05) is 17.7 Å². The van der Waals surface area contributed by atoms with Gasteiger partial charge in [-0.15, -0.1) is 0 Å². The van der Waals surface area contributed by atoms with Gasteiger partial charge in [-0.25, -0.2) is 0 Å². The van der Waals surface area contributed by atoms with Crippen molar-refractivity contribution in [1.82, 2.24) is 0 Å². The molecule has 0 saturated heterocycles. The molecule has 0 aliphatic carbocycles. The van der Waals surface area contributed by atoms with Crippen LogP contribution in [0.15, 0.2) is 36.4 Å². The minimum atomic E-state index is -5.95. The van der Waals surface area contributed by atoms with E-state index in [2.05, 4.69) is 22.6 Å². The van der Waals surface area contributed by atoms with E-state index < -0.39 is 21.4 Å². The number of aryl methyl sites for hydroxylation is 2. The highest BCUT2D eigenvalue weighted by Crippen LogP contribution is 2.51. The van der Waals surface area contributed by atoms with Gasteiger partial charge in [0.15, 0.2) is 5.75 Å². The molecule has 37 heavy (non-hydrogen) atoms. The van der Waals surface area contributed by atoms with Crippen LogP contribution in [0.1, 0.15) is 11.1 Å². The second-order valence-corrected chi connectivity index (χ2v) is 13.3. The van der Waals surface area contributed by atoms with Crippen LogP contribution in [0.25, 0.3) is 32.7 Å². The average Bonchev–Trinajstić information content (AvgIpc) is 2.78. The molecule has 0 radical (unpaired) electrons. The Morgan fingerprint density at radius 2 is 1.24 bits per heavy atom. The lowest BCUT2D eigenvalue weighted by molar-refractivity contribution is -0.0499. The number of hydrogen-bond donors (Lipinski definition) is 0. The summed E-state index contributed by atoms with van der Waals surface area (Å²) in [4.78, 5) is 0. The van der Waals surface area contributed by atoms with Crippen LogP contribution in [0, 0.1) is 24.6 Å². The first-order valence-electron chi connectivity index (χ1n) is 10.5. The number of ether oxygens (including phenoxy) is 2. The van der Waals surface area contributed by atoms with Gasteiger partial charge in [0.1, 0.15) is 11.5 Å². The van der Waals surface area contributed by atoms with E-state index >= 15 is 0 Å². The van der Waals surface area contributed by atoms with Crippen LogP contribution in [0.4, 0.5) is 13.2 Å². The van der Waals surface area contributed by atoms with Crippen LogP contribution in [0.2, 0.25) is 0 Å². The first-order chi connectivity index (χ1) is 17.2. The van der Waals surface area contributed by atoms with Crippen molar-refractivity contribution in [2.75, 3.05) is 14.2 Å². The van der Waals surface area contributed by atoms with Gasteiger partial charge >= 0.3 is 15.6 Å². The lowest BCUT2D eigenvalue weighted by Crippen LogP contribution is -2.28. The number of benzene rings is 4. The van der Waals surface area contributed by atoms with Gasteiger partial charge in [0, 0.05) is 32.6 Å². The Labute approximate surface area is 252 Å². The minimum Gasteiger partial charge on any atom is -0.496 e. The molecule has 0 aliphatic heterocycles. The maximum atomic E-state index is 13.4. The normalized spacial score (nSPS) is 12.3. The Morgan fingerprint density at radius 3 is 1.76 bits per heavy atom. The quantitative estimate of drug-likeness (QED) is 0.115. The summed E-state index contributed by atoms with van der Waals surface area (Å²) in [5.74, 6) is 0.325. The van der Waals surface area contributed by atoms with Gasteiger partial charge in [0.05, 0.1) is 14.2 Å². The summed E-state index contributed by atoms with van der Waals surface area (Å²) >= 11 is 6.16. The van der Waals surface area contributed by atoms with E-state index in [1.54, 1.807) is 12.1 Å². The average molecular weight is 868 g/mol. The van der Waals surface area contributed by atoms with Crippen LogP contribution >= 0.6 is 67.8 Å². The van der Waals surface area contributed by atoms with Crippen molar-refractivity contribution in [3.05, 3.63) is 58.2 Å². The highest BCUT2D eigenvalue weighted by Gasteiger charge is 2.49. The fourth-order valence-electron chi connectivity index (χ4n) is 4.34. The van der Waals surface area contributed by atoms with Gasteiger partial charge in [0.2, 0.25) is 0 Å². The second kappa shape index (κ2) is 10.4. The molecule has 5 nitrogen and oxygen atoms in total. The van der Waals surface area contributed by atoms with Crippen LogP contribution in [0.5, 0.6) is 17.2 Å². The Balaban J connectivity index is 2.29. The van der Waals surface area contributed by atoms with Crippen LogP contribution < -0.4 is 13.7 Å². The summed E-state index contributed by atoms with van der Waals surface area (Å²) in [6.45, 7) is 3.91. The topological polar surface area (TPSA) is 61.8 Å². The number of hydrogen-bond acceptors (Lipinski definition) is 5. The predicted molar refractivity (Wildman–Crippen MR) is 163 cm³/mol. The minimum absolute atomic E-state index is 0.165. The second-order valence-electron chi connectivity index (χ2n) is 8.19. The first kappa shape index (κ1) is 28.7. The fraction of sp³-hybridized carbons (Fsp3) is 0.200. The monoisotopic (exact) mass is 868 g/mol. The zero-order valence-corrected chi connectivity index (χ0v) is 27.0. The van der Waals surface area contributed by atoms with E-state index in [0.29, 0.717) is 35.2 Å². The van der Waals surface area contributed by atoms with Crippen LogP contribution in [0.3, 0.4) is 0 Å². The van der Waals surface area contributed by atoms with Crippen molar-refractivity contribution < 1.29 is 35.2 Å². The van der Waals surface area contributed by atoms with Crippen molar-refractivity contribution in [3.8, 4) is 28.4 Å². The van der Waals surface area contributed by atoms with Gasteiger partial charge in [-0.3, -0.25) is 0 Å². The Bertz CT molecular complexity index is 1690. The molecular formula is C25H18F3I3O5S. The summed E-state index contributed by atoms with van der Waals surface area (Å²) in [5, 5.41) is 2.39. The SMILES string of the molecule is COc1cc(I)c2cc(C)cc(C)c2c1-c1c(OC)cc(I)c2cc(I)cc(OS(=O)(=O)C(F)(F)F)c12. The molecule has 4 aromatic carbocycles. The smallest absolute Gasteiger partial charge is 0.496 e. The summed E-state index contributed by atoms with van der Waals surface area (Å²) in [7, 11) is -3.00. The molecule has 0 bridgehead atoms. The number of halogens is 6. The largest absolute Gasteiger partial charge is 0.534 e. The van der Waals surface area contributed by atoms with Gasteiger partial charge in [-0.05, 0) is 122 Å². The zero-order valence-electron chi connectivity index (χ0n) is 19.7. The highest BCUT2D eigenvalue weighted by molar-refractivity contribution is 14.1. The number of rotatable bonds is 5. The van der Waals surface area contributed by atoms with Gasteiger partial charge < -0.3 is 13.7 Å². The fourth-order valence-corrected chi connectivity index (χ4v) is 6.81. The number of alkyl halides is 3. The lowest BCUT2D eigenvalue weighted by Gasteiger charge is -2.22. The predicted octanol–water partition coefficient (Wildman–Crippen LogP) is 8.34. The lowest BCUT2D eigenvalue weighted by atomic mass is 9.89. The molecular weight excluding hydrogens is 850 g/mol. The van der Waals surface area contributed by atoms with Gasteiger partial charge in [0.25, 0.3) is 0 Å². The van der Waals surface area contributed by atoms with Gasteiger partial charge in [-0.2, -0.15) is 21.6 Å². The molecule has 0 spiro atoms. The highest BCUT2D eigenvalue weighted by atomic mass is 127. The molecule has 0 heterocycles. The third kappa shape index (κ3) is 5.18. The summed E-state index contributed by atoms with van der Waals surface area (Å²) < 4.78 is 82.7. The van der Waals surface area contributed by atoms with E-state index in [1.807, 2.05) is 77.2 Å². The van der Waals surface area contributed by atoms with E-state index in [9.17, 15) is 21.6 Å². The zero-order chi connectivity index (χ0) is 27.4. The standard InChI is InChI=1S/C25H18F3I3O5S/c1-11-5-12(2)21-14(6-11)16(30)9-18(34-3)23(21)24-19(35-4)10-17(31)15-7-13(29)8-20(22(15)24)36-37(32,33)25(26,27)28/h5-10H,1-4H3. The van der Waals surface area contributed by atoms with Crippen molar-refractivity contribution in [2.45, 2.75) is 19.4 Å². The Kier molecular flexibility index (Phi) is 8.05. The molecule has 0 unspecified atom stereocenters. The van der Waals surface area contributed by atoms with Crippen LogP contribution in [-0.2, 0) is 10.1 Å². The summed E-state index contributed by atoms with van der Waals surface area (Å²) in [6.07, 6.45) is 0. The Morgan fingerprint density at radius 1 is 0.730 bits per heavy atom. The first-order valence-corrected chi connectivity index (χ1v) is 15.1. The maximum absolute atomic E-state index is 13.4. The van der Waals surface area contributed by atoms with E-state index in [1.165, 1.54) is 20.3 Å². The summed E-state index contributed by atoms with van der Waals surface area (Å²) in [6, 6.07) is 10.6. The Hall–Kier alpha value is -1.27. The molecule has 0 aliphatic rings. The van der Waals surface area contributed by atoms with E-state index in [-0.39, 0.29) is 5.39 Å². The van der Waals surface area contributed by atoms with Crippen molar-refractivity contribution in [2.24, 2.45) is 0 Å². The molecule has 0 saturated carbocycles. The third-order valence-electron chi connectivity index (χ3n) is 5.74. The van der Waals surface area contributed by atoms with Crippen molar-refractivity contribution in [3.63, 3.8) is 0 Å². The van der Waals surface area contributed by atoms with Crippen molar-refractivity contribution in [1.29, 1.82) is 0 Å². The number of methoxy groups -OCH3 is 2. The molecule has 12 heteroatoms. The third-order valence-corrected chi connectivity index (χ3v) is 9.12. The molecule has 196 valence electrons. The molecule has 4 rings (SSSR count). The molecule has 0 atom stereocenters. The molecule has 0 amide bonds. The molecule has 0 aromatic heterocycles. The number of fused-ring (bicyclic) bond motifs is 2. The maximum Gasteiger partial charge on any atom is 0.534 e. The summed E-state index contributed by atoms with van der Waals surface area (Å²) in [5.41, 5.74) is -2.73. The molecule has 0 N–H and O–H groups in total. The van der Waals surface area contributed by atoms with E-state index in [0.717, 1.165) is 25.5 Å². The van der Waals surface area contributed by atoms with E-state index in [4.69, 9.17) is 13.7 Å². The van der Waals surface area contributed by atoms with Crippen LogP contribution in [-0.4, -0.2) is 28.1 Å². The van der Waals surface area contributed by atoms with Crippen molar-refractivity contribution >= 4 is 99.4 Å².